The van der Waals surface area contributed by atoms with Crippen molar-refractivity contribution >= 4 is 22.1 Å². The van der Waals surface area contributed by atoms with Crippen molar-refractivity contribution in [3.05, 3.63) is 40.3 Å². The van der Waals surface area contributed by atoms with Crippen LogP contribution in [-0.4, -0.2) is 22.1 Å². The van der Waals surface area contributed by atoms with Gasteiger partial charge >= 0.3 is 201 Å². The van der Waals surface area contributed by atoms with Gasteiger partial charge in [-0.15, -0.1) is 0 Å². The molecular weight excluding hydrogens is 559 g/mol. The first-order chi connectivity index (χ1) is 13.2. The van der Waals surface area contributed by atoms with E-state index in [-0.39, 0.29) is 24.8 Å². The molecular formula is C26H49Cl2Si3Zr. The summed E-state index contributed by atoms with van der Waals surface area (Å²) in [7, 11) is -2.69. The monoisotopic (exact) mass is 605 g/mol. The van der Waals surface area contributed by atoms with Gasteiger partial charge in [-0.1, -0.05) is 0 Å². The summed E-state index contributed by atoms with van der Waals surface area (Å²) in [4.78, 5) is 0. The molecule has 0 unspecified atom stereocenters. The summed E-state index contributed by atoms with van der Waals surface area (Å²) in [6, 6.07) is 0. The van der Waals surface area contributed by atoms with Gasteiger partial charge in [-0.3, -0.25) is 0 Å². The van der Waals surface area contributed by atoms with E-state index >= 15 is 0 Å². The Bertz CT molecular complexity index is 755. The molecule has 32 heavy (non-hydrogen) atoms. The summed E-state index contributed by atoms with van der Waals surface area (Å²) < 4.78 is 4.08. The van der Waals surface area contributed by atoms with Gasteiger partial charge < -0.3 is 24.8 Å². The van der Waals surface area contributed by atoms with Gasteiger partial charge in [-0.05, 0) is 0 Å². The molecule has 0 N–H and O–H groups in total. The van der Waals surface area contributed by atoms with E-state index in [0.717, 1.165) is 0 Å². The van der Waals surface area contributed by atoms with Crippen LogP contribution in [0.15, 0.2) is 40.3 Å². The molecule has 6 heteroatoms. The average Bonchev–Trinajstić information content (AvgIpc) is 3.09. The molecule has 0 atom stereocenters. The van der Waals surface area contributed by atoms with Crippen LogP contribution < -0.4 is 24.8 Å². The number of hydrogen-bond donors (Lipinski definition) is 0. The second kappa shape index (κ2) is 11.0. The molecule has 0 aromatic heterocycles. The topological polar surface area (TPSA) is 0 Å². The van der Waals surface area contributed by atoms with Crippen LogP contribution in [0.1, 0.15) is 54.4 Å². The quantitative estimate of drug-likeness (QED) is 0.422. The predicted octanol–water partition coefficient (Wildman–Crippen LogP) is 2.61. The third kappa shape index (κ3) is 7.53. The van der Waals surface area contributed by atoms with Crippen molar-refractivity contribution in [1.82, 2.24) is 0 Å². The van der Waals surface area contributed by atoms with Gasteiger partial charge in [-0.25, -0.2) is 0 Å². The van der Waals surface area contributed by atoms with Crippen molar-refractivity contribution in [2.24, 2.45) is 10.8 Å². The van der Waals surface area contributed by atoms with Gasteiger partial charge in [0.1, 0.15) is 0 Å². The van der Waals surface area contributed by atoms with Gasteiger partial charge in [0.25, 0.3) is 0 Å². The third-order valence-electron chi connectivity index (χ3n) is 6.79. The summed E-state index contributed by atoms with van der Waals surface area (Å²) in [5.74, 6) is -0.716. The molecule has 2 rings (SSSR count). The number of allylic oxidation sites excluding steroid dienone is 8. The fourth-order valence-electron chi connectivity index (χ4n) is 4.86. The van der Waals surface area contributed by atoms with Crippen LogP contribution in [0.2, 0.25) is 52.4 Å². The summed E-state index contributed by atoms with van der Waals surface area (Å²) in [5, 5.41) is 3.74. The molecule has 0 amide bonds. The van der Waals surface area contributed by atoms with Crippen LogP contribution in [0.3, 0.4) is 0 Å². The summed E-state index contributed by atoms with van der Waals surface area (Å²) >= 11 is -1.84. The smallest absolute Gasteiger partial charge is 1.00 e. The molecule has 0 saturated heterocycles. The molecule has 2 aliphatic rings. The fraction of sp³-hybridized carbons (Fsp3) is 0.692. The maximum atomic E-state index is 2.71. The zero-order chi connectivity index (χ0) is 23.4. The maximum absolute atomic E-state index is 2.71. The van der Waals surface area contributed by atoms with E-state index in [9.17, 15) is 0 Å². The molecule has 2 aliphatic carbocycles. The van der Waals surface area contributed by atoms with Crippen molar-refractivity contribution < 1.29 is 45.7 Å². The largest absolute Gasteiger partial charge is 1.00 e. The zero-order valence-electron chi connectivity index (χ0n) is 23.4. The maximum Gasteiger partial charge on any atom is -1.00 e. The Kier molecular flexibility index (Phi) is 11.4. The molecule has 0 bridgehead atoms. The first-order valence-electron chi connectivity index (χ1n) is 12.0. The summed E-state index contributed by atoms with van der Waals surface area (Å²) in [6.45, 7) is 35.5. The molecule has 0 radical (unpaired) electrons. The normalized spacial score (nSPS) is 18.0. The molecule has 0 aromatic rings. The third-order valence-corrected chi connectivity index (χ3v) is 31.3. The Hall–Kier alpha value is 1.07. The number of hydrogen-bond acceptors (Lipinski definition) is 0. The van der Waals surface area contributed by atoms with E-state index in [1.54, 1.807) is 11.1 Å². The Labute approximate surface area is 224 Å². The van der Waals surface area contributed by atoms with E-state index in [0.29, 0.717) is 10.8 Å². The van der Waals surface area contributed by atoms with Crippen LogP contribution >= 0.6 is 0 Å². The number of rotatable bonds is 5. The second-order valence-electron chi connectivity index (χ2n) is 14.0. The van der Waals surface area contributed by atoms with E-state index < -0.39 is 43.0 Å². The van der Waals surface area contributed by atoms with Gasteiger partial charge in [0.2, 0.25) is 0 Å². The fourth-order valence-corrected chi connectivity index (χ4v) is 36.2. The second-order valence-corrected chi connectivity index (χ2v) is 43.4. The van der Waals surface area contributed by atoms with Crippen molar-refractivity contribution in [1.29, 1.82) is 0 Å². The standard InChI is InChI=1S/2C12H21Si.C2H7Si.2ClH.Zr/c2*1-12(2,3)10-7-8-11(9-10)13(4,5)6;1-3-2;;;/h2*9H,7H2,1-6H3;3H,1-2H3;2*1H;/q;;;;;+2/p-2. The Balaban J connectivity index is 0.00000480. The van der Waals surface area contributed by atoms with Crippen LogP contribution in [0.5, 0.6) is 0 Å². The van der Waals surface area contributed by atoms with Gasteiger partial charge in [-0.2, -0.15) is 0 Å². The molecule has 0 aromatic carbocycles. The molecule has 0 aliphatic heterocycles. The Morgan fingerprint density at radius 2 is 0.938 bits per heavy atom. The van der Waals surface area contributed by atoms with Crippen LogP contribution in [-0.2, 0) is 20.9 Å². The average molecular weight is 608 g/mol. The Morgan fingerprint density at radius 1 is 0.656 bits per heavy atom. The van der Waals surface area contributed by atoms with E-state index in [1.165, 1.54) is 12.8 Å². The van der Waals surface area contributed by atoms with Crippen molar-refractivity contribution in [3.8, 4) is 0 Å². The van der Waals surface area contributed by atoms with Gasteiger partial charge in [0, 0.05) is 0 Å². The van der Waals surface area contributed by atoms with E-state index in [4.69, 9.17) is 0 Å². The molecule has 0 nitrogen and oxygen atoms in total. The minimum Gasteiger partial charge on any atom is -1.00 e. The van der Waals surface area contributed by atoms with Crippen LogP contribution in [0.4, 0.5) is 0 Å². The van der Waals surface area contributed by atoms with Crippen molar-refractivity contribution in [3.63, 3.8) is 0 Å². The SMILES string of the molecule is C[SiH](C)[Zr+2]([C]1=C([Si](C)(C)C)C=C(C(C)(C)C)C1)[C]1=C([Si](C)(C)C)C=C(C(C)(C)C)C1.[Cl-].[Cl-]. The zero-order valence-corrected chi connectivity index (χ0v) is 30.5. The van der Waals surface area contributed by atoms with Crippen LogP contribution in [0, 0.1) is 10.8 Å². The first-order valence-corrected chi connectivity index (χ1v) is 28.6. The minimum atomic E-state index is -1.84. The molecule has 0 heterocycles. The van der Waals surface area contributed by atoms with Crippen molar-refractivity contribution in [2.45, 2.75) is 107 Å². The van der Waals surface area contributed by atoms with Crippen LogP contribution in [0.25, 0.3) is 0 Å². The van der Waals surface area contributed by atoms with E-state index in [1.807, 2.05) is 17.0 Å². The van der Waals surface area contributed by atoms with E-state index in [2.05, 4.69) is 106 Å². The van der Waals surface area contributed by atoms with Crippen molar-refractivity contribution in [2.75, 3.05) is 0 Å². The summed E-state index contributed by atoms with van der Waals surface area (Å²) in [5.41, 5.74) is 4.06. The summed E-state index contributed by atoms with van der Waals surface area (Å²) in [6.07, 6.45) is 8.05. The molecule has 0 spiro atoms. The molecule has 0 fully saturated rings. The minimum absolute atomic E-state index is 0. The predicted molar refractivity (Wildman–Crippen MR) is 144 cm³/mol. The number of halogens is 2. The molecule has 0 saturated carbocycles. The molecule has 183 valence electrons. The first kappa shape index (κ1) is 33.1. The van der Waals surface area contributed by atoms with Gasteiger partial charge in [0.05, 0.1) is 0 Å². The van der Waals surface area contributed by atoms with Gasteiger partial charge in [0.15, 0.2) is 0 Å². The Morgan fingerprint density at radius 3 is 1.12 bits per heavy atom.